The van der Waals surface area contributed by atoms with Gasteiger partial charge in [-0.15, -0.1) is 0 Å². The van der Waals surface area contributed by atoms with Gasteiger partial charge in [0.05, 0.1) is 29.0 Å². The number of benzene rings is 3. The first-order valence-corrected chi connectivity index (χ1v) is 21.7. The van der Waals surface area contributed by atoms with Gasteiger partial charge in [-0.1, -0.05) is 0 Å². The number of alkyl halides is 1. The van der Waals surface area contributed by atoms with E-state index in [4.69, 9.17) is 4.74 Å². The topological polar surface area (TPSA) is 173 Å². The summed E-state index contributed by atoms with van der Waals surface area (Å²) in [4.78, 5) is 75.1. The number of fused-ring (bicyclic) bond motifs is 2. The van der Waals surface area contributed by atoms with E-state index < -0.39 is 29.5 Å². The first-order chi connectivity index (χ1) is 31.1. The van der Waals surface area contributed by atoms with E-state index in [1.165, 1.54) is 29.1 Å². The molecule has 5 aliphatic heterocycles. The van der Waals surface area contributed by atoms with Crippen molar-refractivity contribution in [1.82, 2.24) is 34.6 Å². The third-order valence-corrected chi connectivity index (χ3v) is 13.2. The standard InChI is InChI=1S/C46H45F2N11O5/c47-30-11-14-57(26-30)38-6-4-36(48)43(35(38)21-49)64-32-2-5-37-34(20-32)46(63)59(27-52-37)41-23-50-40(22-51-41)56-17-15-54(16-18-56)24-28-9-12-55(13-10-28)31-1-3-33-29(19-31)25-58(45(33)62)39-7-8-42(60)53-44(39)61/h1-6,19-20,22-23,27-28,30,39H,7-18,24-26H2,(H,53,60,61)/t30-,39?/m1/s1. The monoisotopic (exact) mass is 869 g/mol. The molecule has 0 aliphatic carbocycles. The predicted molar refractivity (Wildman–Crippen MR) is 232 cm³/mol. The summed E-state index contributed by atoms with van der Waals surface area (Å²) in [5.41, 5.74) is 2.92. The Morgan fingerprint density at radius 3 is 2.34 bits per heavy atom. The van der Waals surface area contributed by atoms with E-state index in [1.54, 1.807) is 34.3 Å². The summed E-state index contributed by atoms with van der Waals surface area (Å²) in [6.07, 6.45) is 6.55. The summed E-state index contributed by atoms with van der Waals surface area (Å²) in [5, 5.41) is 12.5. The second-order valence-electron chi connectivity index (χ2n) is 17.1. The molecule has 10 rings (SSSR count). The van der Waals surface area contributed by atoms with E-state index in [1.807, 2.05) is 18.2 Å². The molecule has 18 heteroatoms. The number of halogens is 2. The highest BCUT2D eigenvalue weighted by Gasteiger charge is 2.39. The van der Waals surface area contributed by atoms with Gasteiger partial charge in [-0.2, -0.15) is 5.26 Å². The molecule has 328 valence electrons. The minimum absolute atomic E-state index is 0.0514. The van der Waals surface area contributed by atoms with Crippen LogP contribution in [0.4, 0.5) is 26.0 Å². The summed E-state index contributed by atoms with van der Waals surface area (Å²) < 4.78 is 36.3. The van der Waals surface area contributed by atoms with Crippen molar-refractivity contribution < 1.29 is 27.9 Å². The number of rotatable bonds is 9. The maximum absolute atomic E-state index is 15.1. The Balaban J connectivity index is 0.731. The average molecular weight is 870 g/mol. The zero-order valence-corrected chi connectivity index (χ0v) is 35.0. The van der Waals surface area contributed by atoms with Crippen LogP contribution in [0.1, 0.15) is 53.6 Å². The van der Waals surface area contributed by atoms with Crippen molar-refractivity contribution in [1.29, 1.82) is 5.26 Å². The van der Waals surface area contributed by atoms with Crippen molar-refractivity contribution in [2.24, 2.45) is 5.92 Å². The number of nitrogens with zero attached hydrogens (tertiary/aromatic N) is 10. The molecule has 2 aromatic heterocycles. The van der Waals surface area contributed by atoms with E-state index in [-0.39, 0.29) is 53.0 Å². The molecule has 0 saturated carbocycles. The normalized spacial score (nSPS) is 20.8. The number of hydrogen-bond acceptors (Lipinski definition) is 13. The lowest BCUT2D eigenvalue weighted by Crippen LogP contribution is -2.52. The summed E-state index contributed by atoms with van der Waals surface area (Å²) in [7, 11) is 0. The average Bonchev–Trinajstić information content (AvgIpc) is 3.89. The van der Waals surface area contributed by atoms with Gasteiger partial charge in [-0.25, -0.2) is 28.3 Å². The van der Waals surface area contributed by atoms with Crippen LogP contribution in [0.3, 0.4) is 0 Å². The van der Waals surface area contributed by atoms with Crippen LogP contribution in [-0.2, 0) is 16.1 Å². The van der Waals surface area contributed by atoms with Crippen LogP contribution in [0.25, 0.3) is 16.7 Å². The second-order valence-corrected chi connectivity index (χ2v) is 17.1. The molecule has 0 bridgehead atoms. The molecule has 7 heterocycles. The fourth-order valence-electron chi connectivity index (χ4n) is 9.66. The quantitative estimate of drug-likeness (QED) is 0.208. The molecular formula is C46H45F2N11O5. The van der Waals surface area contributed by atoms with Crippen LogP contribution >= 0.6 is 0 Å². The molecule has 3 amide bonds. The number of amides is 3. The van der Waals surface area contributed by atoms with Crippen molar-refractivity contribution in [2.75, 3.05) is 73.6 Å². The number of piperazine rings is 1. The number of nitriles is 1. The van der Waals surface area contributed by atoms with Crippen molar-refractivity contribution in [3.8, 4) is 23.4 Å². The Hall–Kier alpha value is -7.00. The first-order valence-electron chi connectivity index (χ1n) is 21.7. The van der Waals surface area contributed by atoms with Gasteiger partial charge in [0.25, 0.3) is 11.5 Å². The lowest BCUT2D eigenvalue weighted by molar-refractivity contribution is -0.136. The van der Waals surface area contributed by atoms with E-state index >= 15 is 4.39 Å². The minimum Gasteiger partial charge on any atom is -0.453 e. The van der Waals surface area contributed by atoms with Crippen molar-refractivity contribution in [2.45, 2.75) is 50.9 Å². The van der Waals surface area contributed by atoms with Crippen LogP contribution in [0.15, 0.2) is 72.0 Å². The molecule has 5 aliphatic rings. The summed E-state index contributed by atoms with van der Waals surface area (Å²) in [5.74, 6) is -0.236. The Kier molecular flexibility index (Phi) is 10.9. The Morgan fingerprint density at radius 1 is 0.828 bits per heavy atom. The van der Waals surface area contributed by atoms with Gasteiger partial charge < -0.3 is 24.3 Å². The Bertz CT molecular complexity index is 2760. The highest BCUT2D eigenvalue weighted by molar-refractivity contribution is 6.05. The number of anilines is 3. The van der Waals surface area contributed by atoms with Crippen molar-refractivity contribution >= 4 is 45.8 Å². The number of piperidine rings is 2. The van der Waals surface area contributed by atoms with Crippen LogP contribution in [0.5, 0.6) is 11.5 Å². The molecule has 0 spiro atoms. The number of aromatic nitrogens is 4. The summed E-state index contributed by atoms with van der Waals surface area (Å²) in [6.45, 7) is 7.04. The molecular weight excluding hydrogens is 825 g/mol. The van der Waals surface area contributed by atoms with E-state index in [2.05, 4.69) is 41.0 Å². The van der Waals surface area contributed by atoms with Gasteiger partial charge in [0.15, 0.2) is 17.4 Å². The SMILES string of the molecule is N#Cc1c(N2CC[C@@H](F)C2)ccc(F)c1Oc1ccc2ncn(-c3cnc(N4CCN(CC5CCN(c6ccc7c(c6)CN(C6CCC(=O)NC6=O)C7=O)CC5)CC4)cn3)c(=O)c2c1. The van der Waals surface area contributed by atoms with E-state index in [0.717, 1.165) is 69.9 Å². The number of imide groups is 1. The third-order valence-electron chi connectivity index (χ3n) is 13.2. The highest BCUT2D eigenvalue weighted by atomic mass is 19.1. The molecule has 1 unspecified atom stereocenters. The lowest BCUT2D eigenvalue weighted by atomic mass is 9.95. The van der Waals surface area contributed by atoms with Gasteiger partial charge in [0.1, 0.15) is 41.7 Å². The maximum Gasteiger partial charge on any atom is 0.267 e. The first kappa shape index (κ1) is 41.0. The van der Waals surface area contributed by atoms with Gasteiger partial charge >= 0.3 is 0 Å². The zero-order chi connectivity index (χ0) is 44.1. The second kappa shape index (κ2) is 16.9. The number of hydrogen-bond donors (Lipinski definition) is 1. The van der Waals surface area contributed by atoms with Gasteiger partial charge in [0, 0.05) is 83.1 Å². The van der Waals surface area contributed by atoms with Crippen molar-refractivity contribution in [3.63, 3.8) is 0 Å². The van der Waals surface area contributed by atoms with Gasteiger partial charge in [-0.3, -0.25) is 29.4 Å². The zero-order valence-electron chi connectivity index (χ0n) is 35.0. The van der Waals surface area contributed by atoms with Gasteiger partial charge in [0.2, 0.25) is 11.8 Å². The van der Waals surface area contributed by atoms with E-state index in [9.17, 15) is 28.8 Å². The summed E-state index contributed by atoms with van der Waals surface area (Å²) >= 11 is 0. The fraction of sp³-hybridized carbons (Fsp3) is 0.391. The van der Waals surface area contributed by atoms with Crippen LogP contribution < -0.4 is 30.3 Å². The lowest BCUT2D eigenvalue weighted by Gasteiger charge is -2.39. The van der Waals surface area contributed by atoms with Gasteiger partial charge in [-0.05, 0) is 85.7 Å². The minimum atomic E-state index is -1.03. The molecule has 1 N–H and O–H groups in total. The fourth-order valence-corrected chi connectivity index (χ4v) is 9.66. The number of nitrogens with one attached hydrogen (secondary N) is 1. The summed E-state index contributed by atoms with van der Waals surface area (Å²) in [6, 6.07) is 14.6. The maximum atomic E-state index is 15.1. The molecule has 5 aromatic rings. The smallest absolute Gasteiger partial charge is 0.267 e. The number of ether oxygens (including phenoxy) is 1. The Labute approximate surface area is 366 Å². The Morgan fingerprint density at radius 2 is 1.61 bits per heavy atom. The molecule has 16 nitrogen and oxygen atoms in total. The molecule has 4 fully saturated rings. The molecule has 64 heavy (non-hydrogen) atoms. The van der Waals surface area contributed by atoms with Crippen molar-refractivity contribution in [3.05, 3.63) is 100 Å². The number of carbonyl (C=O) groups is 3. The molecule has 0 radical (unpaired) electrons. The molecule has 3 aromatic carbocycles. The molecule has 2 atom stereocenters. The molecule has 4 saturated heterocycles. The third kappa shape index (κ3) is 7.84. The van der Waals surface area contributed by atoms with Crippen LogP contribution in [-0.4, -0.2) is 118 Å². The largest absolute Gasteiger partial charge is 0.453 e. The highest BCUT2D eigenvalue weighted by Crippen LogP contribution is 2.37. The number of carbonyl (C=O) groups excluding carboxylic acids is 3. The predicted octanol–water partition coefficient (Wildman–Crippen LogP) is 4.33. The van der Waals surface area contributed by atoms with E-state index in [0.29, 0.717) is 54.4 Å². The van der Waals surface area contributed by atoms with Crippen LogP contribution in [0, 0.1) is 23.1 Å². The van der Waals surface area contributed by atoms with Crippen LogP contribution in [0.2, 0.25) is 0 Å².